The quantitative estimate of drug-likeness (QED) is 0.741. The van der Waals surface area contributed by atoms with Crippen LogP contribution in [0, 0.1) is 6.92 Å². The Hall–Kier alpha value is -1.59. The van der Waals surface area contributed by atoms with Gasteiger partial charge in [-0.05, 0) is 25.8 Å². The Morgan fingerprint density at radius 3 is 2.71 bits per heavy atom. The van der Waals surface area contributed by atoms with Gasteiger partial charge in [0.25, 0.3) is 0 Å². The lowest BCUT2D eigenvalue weighted by Gasteiger charge is -2.22. The van der Waals surface area contributed by atoms with Crippen LogP contribution >= 0.6 is 0 Å². The summed E-state index contributed by atoms with van der Waals surface area (Å²) < 4.78 is 10.3. The molecule has 118 valence electrons. The molecule has 0 radical (unpaired) electrons. The molecule has 5 heteroatoms. The van der Waals surface area contributed by atoms with Crippen molar-refractivity contribution in [3.63, 3.8) is 0 Å². The lowest BCUT2D eigenvalue weighted by Crippen LogP contribution is -2.41. The van der Waals surface area contributed by atoms with Crippen LogP contribution in [0.25, 0.3) is 0 Å². The Kier molecular flexibility index (Phi) is 7.19. The third-order valence-electron chi connectivity index (χ3n) is 3.40. The van der Waals surface area contributed by atoms with Crippen LogP contribution in [0.2, 0.25) is 0 Å². The van der Waals surface area contributed by atoms with Crippen molar-refractivity contribution in [3.8, 4) is 5.75 Å². The molecule has 0 saturated heterocycles. The highest BCUT2D eigenvalue weighted by Gasteiger charge is 2.19. The number of aryl methyl sites for hydroxylation is 1. The minimum absolute atomic E-state index is 0.0605. The van der Waals surface area contributed by atoms with Crippen LogP contribution in [0.1, 0.15) is 24.0 Å². The number of likely N-dealkylation sites (N-methyl/N-ethyl adjacent to an activating group) is 1. The topological polar surface area (TPSA) is 64.8 Å². The van der Waals surface area contributed by atoms with Gasteiger partial charge in [-0.2, -0.15) is 0 Å². The second kappa shape index (κ2) is 8.64. The maximum atomic E-state index is 12.2. The Balaban J connectivity index is 2.65. The molecule has 0 heterocycles. The molecule has 0 aromatic heterocycles. The summed E-state index contributed by atoms with van der Waals surface area (Å²) in [7, 11) is 5.04. The van der Waals surface area contributed by atoms with E-state index in [1.165, 1.54) is 0 Å². The van der Waals surface area contributed by atoms with E-state index in [9.17, 15) is 4.79 Å². The van der Waals surface area contributed by atoms with Crippen LogP contribution in [0.15, 0.2) is 18.2 Å². The molecule has 21 heavy (non-hydrogen) atoms. The zero-order valence-corrected chi connectivity index (χ0v) is 13.4. The first-order valence-corrected chi connectivity index (χ1v) is 7.12. The molecule has 5 nitrogen and oxygen atoms in total. The summed E-state index contributed by atoms with van der Waals surface area (Å²) in [5.74, 6) is 0.725. The van der Waals surface area contributed by atoms with E-state index in [-0.39, 0.29) is 5.91 Å². The molecule has 1 aromatic carbocycles. The zero-order valence-electron chi connectivity index (χ0n) is 13.4. The van der Waals surface area contributed by atoms with E-state index in [1.807, 2.05) is 25.1 Å². The van der Waals surface area contributed by atoms with Gasteiger partial charge >= 0.3 is 0 Å². The van der Waals surface area contributed by atoms with Crippen molar-refractivity contribution < 1.29 is 14.3 Å². The van der Waals surface area contributed by atoms with Crippen molar-refractivity contribution in [1.29, 1.82) is 0 Å². The molecule has 0 saturated carbocycles. The average molecular weight is 294 g/mol. The summed E-state index contributed by atoms with van der Waals surface area (Å²) in [4.78, 5) is 13.9. The number of carbonyl (C=O) groups excluding carboxylic acids is 1. The molecule has 0 bridgehead atoms. The molecule has 1 unspecified atom stereocenters. The third-order valence-corrected chi connectivity index (χ3v) is 3.40. The van der Waals surface area contributed by atoms with Crippen molar-refractivity contribution in [2.75, 3.05) is 27.9 Å². The summed E-state index contributed by atoms with van der Waals surface area (Å²) in [5, 5.41) is 0. The highest BCUT2D eigenvalue weighted by atomic mass is 16.5. The maximum Gasteiger partial charge on any atom is 0.239 e. The Labute approximate surface area is 127 Å². The largest absolute Gasteiger partial charge is 0.496 e. The molecule has 0 aliphatic heterocycles. The van der Waals surface area contributed by atoms with Crippen LogP contribution < -0.4 is 10.5 Å². The van der Waals surface area contributed by atoms with Gasteiger partial charge in [0, 0.05) is 32.9 Å². The van der Waals surface area contributed by atoms with Crippen LogP contribution in [0.4, 0.5) is 0 Å². The summed E-state index contributed by atoms with van der Waals surface area (Å²) >= 11 is 0. The van der Waals surface area contributed by atoms with Gasteiger partial charge in [-0.1, -0.05) is 17.7 Å². The number of hydrogen-bond donors (Lipinski definition) is 1. The molecule has 0 fully saturated rings. The van der Waals surface area contributed by atoms with E-state index in [0.29, 0.717) is 19.6 Å². The number of benzene rings is 1. The number of hydrogen-bond acceptors (Lipinski definition) is 4. The Morgan fingerprint density at radius 2 is 2.10 bits per heavy atom. The number of methoxy groups -OCH3 is 2. The van der Waals surface area contributed by atoms with Crippen LogP contribution in [-0.4, -0.2) is 44.7 Å². The molecule has 1 atom stereocenters. The minimum Gasteiger partial charge on any atom is -0.496 e. The van der Waals surface area contributed by atoms with Gasteiger partial charge in [0.15, 0.2) is 0 Å². The van der Waals surface area contributed by atoms with Gasteiger partial charge in [-0.25, -0.2) is 0 Å². The molecule has 0 spiro atoms. The minimum atomic E-state index is -0.485. The van der Waals surface area contributed by atoms with E-state index in [0.717, 1.165) is 23.3 Å². The highest BCUT2D eigenvalue weighted by molar-refractivity contribution is 5.81. The van der Waals surface area contributed by atoms with E-state index in [4.69, 9.17) is 15.2 Å². The van der Waals surface area contributed by atoms with Crippen LogP contribution in [-0.2, 0) is 16.1 Å². The second-order valence-corrected chi connectivity index (χ2v) is 5.25. The van der Waals surface area contributed by atoms with Gasteiger partial charge in [0.1, 0.15) is 5.75 Å². The maximum absolute atomic E-state index is 12.2. The molecule has 2 N–H and O–H groups in total. The molecular formula is C16H26N2O3. The smallest absolute Gasteiger partial charge is 0.239 e. The van der Waals surface area contributed by atoms with E-state index < -0.39 is 6.04 Å². The van der Waals surface area contributed by atoms with Crippen molar-refractivity contribution in [3.05, 3.63) is 29.3 Å². The lowest BCUT2D eigenvalue weighted by molar-refractivity contribution is -0.132. The molecular weight excluding hydrogens is 268 g/mol. The van der Waals surface area contributed by atoms with Crippen molar-refractivity contribution >= 4 is 5.91 Å². The molecule has 1 aromatic rings. The van der Waals surface area contributed by atoms with Gasteiger partial charge in [0.05, 0.1) is 13.2 Å². The van der Waals surface area contributed by atoms with E-state index in [2.05, 4.69) is 0 Å². The number of rotatable bonds is 8. The first-order chi connectivity index (χ1) is 9.99. The highest BCUT2D eigenvalue weighted by Crippen LogP contribution is 2.21. The van der Waals surface area contributed by atoms with E-state index in [1.54, 1.807) is 26.2 Å². The summed E-state index contributed by atoms with van der Waals surface area (Å²) in [6, 6.07) is 5.45. The monoisotopic (exact) mass is 294 g/mol. The molecule has 1 rings (SSSR count). The zero-order chi connectivity index (χ0) is 15.8. The van der Waals surface area contributed by atoms with Gasteiger partial charge < -0.3 is 20.1 Å². The fourth-order valence-electron chi connectivity index (χ4n) is 2.22. The molecule has 0 aliphatic rings. The van der Waals surface area contributed by atoms with Crippen LogP contribution in [0.3, 0.4) is 0 Å². The Morgan fingerprint density at radius 1 is 1.38 bits per heavy atom. The fraction of sp³-hybridized carbons (Fsp3) is 0.562. The number of amides is 1. The molecule has 1 amide bonds. The number of nitrogens with two attached hydrogens (primary N) is 1. The van der Waals surface area contributed by atoms with Crippen molar-refractivity contribution in [2.24, 2.45) is 5.73 Å². The average Bonchev–Trinajstić information content (AvgIpc) is 2.46. The number of carbonyl (C=O) groups is 1. The first-order valence-electron chi connectivity index (χ1n) is 7.12. The summed E-state index contributed by atoms with van der Waals surface area (Å²) in [6.07, 6.45) is 1.41. The van der Waals surface area contributed by atoms with E-state index >= 15 is 0 Å². The van der Waals surface area contributed by atoms with Crippen LogP contribution in [0.5, 0.6) is 5.75 Å². The van der Waals surface area contributed by atoms with Gasteiger partial charge in [-0.15, -0.1) is 0 Å². The fourth-order valence-corrected chi connectivity index (χ4v) is 2.22. The standard InChI is InChI=1S/C16H26N2O3/c1-12-7-8-15(21-4)13(10-12)11-18(2)16(19)14(17)6-5-9-20-3/h7-8,10,14H,5-6,9,11,17H2,1-4H3. The number of nitrogens with zero attached hydrogens (tertiary/aromatic N) is 1. The predicted molar refractivity (Wildman–Crippen MR) is 83.3 cm³/mol. The molecule has 0 aliphatic carbocycles. The predicted octanol–water partition coefficient (Wildman–Crippen LogP) is 1.72. The van der Waals surface area contributed by atoms with Gasteiger partial charge in [0.2, 0.25) is 5.91 Å². The Bertz CT molecular complexity index is 463. The summed E-state index contributed by atoms with van der Waals surface area (Å²) in [5.41, 5.74) is 8.05. The first kappa shape index (κ1) is 17.5. The third kappa shape index (κ3) is 5.36. The lowest BCUT2D eigenvalue weighted by atomic mass is 10.1. The normalized spacial score (nSPS) is 12.0. The van der Waals surface area contributed by atoms with Crippen molar-refractivity contribution in [1.82, 2.24) is 4.90 Å². The summed E-state index contributed by atoms with van der Waals surface area (Å²) in [6.45, 7) is 3.12. The van der Waals surface area contributed by atoms with Crippen molar-refractivity contribution in [2.45, 2.75) is 32.4 Å². The number of ether oxygens (including phenoxy) is 2. The SMILES string of the molecule is COCCCC(N)C(=O)N(C)Cc1cc(C)ccc1OC. The second-order valence-electron chi connectivity index (χ2n) is 5.25. The van der Waals surface area contributed by atoms with Gasteiger partial charge in [-0.3, -0.25) is 4.79 Å².